The van der Waals surface area contributed by atoms with Crippen molar-refractivity contribution in [1.29, 1.82) is 0 Å². The van der Waals surface area contributed by atoms with Gasteiger partial charge in [-0.25, -0.2) is 0 Å². The lowest BCUT2D eigenvalue weighted by molar-refractivity contribution is 0.135. The Balaban J connectivity index is 1.87. The molecule has 0 bridgehead atoms. The molecular formula is C13H24N4O. The molecule has 0 spiro atoms. The summed E-state index contributed by atoms with van der Waals surface area (Å²) in [6, 6.07) is 0.635. The fourth-order valence-electron chi connectivity index (χ4n) is 2.58. The first-order valence-electron chi connectivity index (χ1n) is 6.89. The summed E-state index contributed by atoms with van der Waals surface area (Å²) < 4.78 is 5.30. The highest BCUT2D eigenvalue weighted by atomic mass is 16.5. The molecule has 1 aromatic rings. The SMILES string of the molecule is CNCc1noc(CC2CCCN(C(C)C)C2)n1. The Kier molecular flexibility index (Phi) is 4.72. The van der Waals surface area contributed by atoms with E-state index in [0.29, 0.717) is 18.5 Å². The molecule has 1 atom stereocenters. The van der Waals surface area contributed by atoms with Crippen molar-refractivity contribution in [2.45, 2.75) is 45.7 Å². The minimum atomic E-state index is 0.635. The highest BCUT2D eigenvalue weighted by Gasteiger charge is 2.23. The molecule has 0 saturated carbocycles. The lowest BCUT2D eigenvalue weighted by Gasteiger charge is -2.34. The second-order valence-electron chi connectivity index (χ2n) is 5.44. The molecule has 1 fully saturated rings. The van der Waals surface area contributed by atoms with Crippen LogP contribution in [0.3, 0.4) is 0 Å². The largest absolute Gasteiger partial charge is 0.339 e. The average molecular weight is 252 g/mol. The van der Waals surface area contributed by atoms with Gasteiger partial charge in [-0.15, -0.1) is 0 Å². The maximum Gasteiger partial charge on any atom is 0.227 e. The Bertz CT molecular complexity index is 364. The molecule has 1 aromatic heterocycles. The maximum atomic E-state index is 5.30. The first-order valence-corrected chi connectivity index (χ1v) is 6.89. The Morgan fingerprint density at radius 2 is 2.33 bits per heavy atom. The van der Waals surface area contributed by atoms with E-state index >= 15 is 0 Å². The van der Waals surface area contributed by atoms with E-state index in [1.165, 1.54) is 19.4 Å². The second-order valence-corrected chi connectivity index (χ2v) is 5.44. The first kappa shape index (κ1) is 13.5. The van der Waals surface area contributed by atoms with Crippen LogP contribution < -0.4 is 5.32 Å². The molecule has 1 N–H and O–H groups in total. The van der Waals surface area contributed by atoms with Gasteiger partial charge in [0.1, 0.15) is 0 Å². The number of nitrogens with one attached hydrogen (secondary N) is 1. The number of rotatable bonds is 5. The van der Waals surface area contributed by atoms with Crippen molar-refractivity contribution >= 4 is 0 Å². The summed E-state index contributed by atoms with van der Waals surface area (Å²) in [5.74, 6) is 2.20. The lowest BCUT2D eigenvalue weighted by atomic mass is 9.94. The van der Waals surface area contributed by atoms with Gasteiger partial charge in [-0.2, -0.15) is 4.98 Å². The fourth-order valence-corrected chi connectivity index (χ4v) is 2.58. The molecule has 1 unspecified atom stereocenters. The molecule has 102 valence electrons. The number of hydrogen-bond acceptors (Lipinski definition) is 5. The number of nitrogens with zero attached hydrogens (tertiary/aromatic N) is 3. The van der Waals surface area contributed by atoms with Gasteiger partial charge in [0.25, 0.3) is 0 Å². The minimum absolute atomic E-state index is 0.635. The monoisotopic (exact) mass is 252 g/mol. The summed E-state index contributed by atoms with van der Waals surface area (Å²) in [5, 5.41) is 6.99. The third-order valence-corrected chi connectivity index (χ3v) is 3.59. The Hall–Kier alpha value is -0.940. The van der Waals surface area contributed by atoms with Gasteiger partial charge in [-0.05, 0) is 46.2 Å². The van der Waals surface area contributed by atoms with Crippen LogP contribution in [0, 0.1) is 5.92 Å². The van der Waals surface area contributed by atoms with Crippen molar-refractivity contribution in [3.63, 3.8) is 0 Å². The van der Waals surface area contributed by atoms with E-state index in [1.807, 2.05) is 7.05 Å². The van der Waals surface area contributed by atoms with E-state index < -0.39 is 0 Å². The highest BCUT2D eigenvalue weighted by molar-refractivity contribution is 4.89. The molecular weight excluding hydrogens is 228 g/mol. The molecule has 0 radical (unpaired) electrons. The van der Waals surface area contributed by atoms with Crippen molar-refractivity contribution < 1.29 is 4.52 Å². The van der Waals surface area contributed by atoms with Crippen molar-refractivity contribution in [2.75, 3.05) is 20.1 Å². The summed E-state index contributed by atoms with van der Waals surface area (Å²) in [4.78, 5) is 6.95. The molecule has 5 heteroatoms. The van der Waals surface area contributed by atoms with E-state index in [1.54, 1.807) is 0 Å². The first-order chi connectivity index (χ1) is 8.69. The van der Waals surface area contributed by atoms with Crippen molar-refractivity contribution in [3.05, 3.63) is 11.7 Å². The van der Waals surface area contributed by atoms with Gasteiger partial charge in [0.15, 0.2) is 5.82 Å². The summed E-state index contributed by atoms with van der Waals surface area (Å²) in [7, 11) is 1.89. The topological polar surface area (TPSA) is 54.2 Å². The van der Waals surface area contributed by atoms with Crippen LogP contribution in [0.1, 0.15) is 38.4 Å². The molecule has 0 amide bonds. The normalized spacial score (nSPS) is 21.7. The number of likely N-dealkylation sites (tertiary alicyclic amines) is 1. The molecule has 2 heterocycles. The van der Waals surface area contributed by atoms with E-state index in [-0.39, 0.29) is 0 Å². The standard InChI is InChI=1S/C13H24N4O/c1-10(2)17-6-4-5-11(9-17)7-13-15-12(8-14-3)16-18-13/h10-11,14H,4-9H2,1-3H3. The van der Waals surface area contributed by atoms with Crippen LogP contribution in [-0.4, -0.2) is 41.2 Å². The summed E-state index contributed by atoms with van der Waals surface area (Å²) in [5.41, 5.74) is 0. The summed E-state index contributed by atoms with van der Waals surface area (Å²) >= 11 is 0. The predicted molar refractivity (Wildman–Crippen MR) is 70.2 cm³/mol. The van der Waals surface area contributed by atoms with Crippen LogP contribution in [0.2, 0.25) is 0 Å². The fraction of sp³-hybridized carbons (Fsp3) is 0.846. The van der Waals surface area contributed by atoms with Crippen molar-refractivity contribution in [3.8, 4) is 0 Å². The third kappa shape index (κ3) is 3.53. The van der Waals surface area contributed by atoms with E-state index in [4.69, 9.17) is 4.52 Å². The third-order valence-electron chi connectivity index (χ3n) is 3.59. The molecule has 1 aliphatic rings. The maximum absolute atomic E-state index is 5.30. The predicted octanol–water partition coefficient (Wildman–Crippen LogP) is 1.45. The average Bonchev–Trinajstić information content (AvgIpc) is 2.77. The van der Waals surface area contributed by atoms with Gasteiger partial charge in [0, 0.05) is 19.0 Å². The van der Waals surface area contributed by atoms with Crippen LogP contribution in [0.5, 0.6) is 0 Å². The van der Waals surface area contributed by atoms with Gasteiger partial charge in [-0.1, -0.05) is 5.16 Å². The highest BCUT2D eigenvalue weighted by Crippen LogP contribution is 2.21. The quantitative estimate of drug-likeness (QED) is 0.859. The van der Waals surface area contributed by atoms with E-state index in [0.717, 1.165) is 24.7 Å². The van der Waals surface area contributed by atoms with E-state index in [2.05, 4.69) is 34.2 Å². The van der Waals surface area contributed by atoms with Crippen LogP contribution >= 0.6 is 0 Å². The summed E-state index contributed by atoms with van der Waals surface area (Å²) in [6.07, 6.45) is 3.47. The van der Waals surface area contributed by atoms with Gasteiger partial charge in [0.2, 0.25) is 5.89 Å². The Morgan fingerprint density at radius 3 is 3.06 bits per heavy atom. The van der Waals surface area contributed by atoms with Gasteiger partial charge < -0.3 is 14.7 Å². The second kappa shape index (κ2) is 6.29. The number of piperidine rings is 1. The Morgan fingerprint density at radius 1 is 1.50 bits per heavy atom. The van der Waals surface area contributed by atoms with Crippen LogP contribution in [0.15, 0.2) is 4.52 Å². The Labute approximate surface area is 109 Å². The van der Waals surface area contributed by atoms with Gasteiger partial charge >= 0.3 is 0 Å². The van der Waals surface area contributed by atoms with E-state index in [9.17, 15) is 0 Å². The van der Waals surface area contributed by atoms with Gasteiger partial charge in [-0.3, -0.25) is 0 Å². The molecule has 1 aliphatic heterocycles. The molecule has 2 rings (SSSR count). The van der Waals surface area contributed by atoms with Crippen molar-refractivity contribution in [2.24, 2.45) is 5.92 Å². The van der Waals surface area contributed by atoms with Crippen LogP contribution in [-0.2, 0) is 13.0 Å². The molecule has 0 aliphatic carbocycles. The smallest absolute Gasteiger partial charge is 0.227 e. The lowest BCUT2D eigenvalue weighted by Crippen LogP contribution is -2.40. The van der Waals surface area contributed by atoms with Gasteiger partial charge in [0.05, 0.1) is 6.54 Å². The molecule has 0 aromatic carbocycles. The zero-order valence-corrected chi connectivity index (χ0v) is 11.6. The number of aromatic nitrogens is 2. The zero-order valence-electron chi connectivity index (χ0n) is 11.6. The molecule has 5 nitrogen and oxygen atoms in total. The van der Waals surface area contributed by atoms with Crippen molar-refractivity contribution in [1.82, 2.24) is 20.4 Å². The van der Waals surface area contributed by atoms with Crippen LogP contribution in [0.4, 0.5) is 0 Å². The van der Waals surface area contributed by atoms with Crippen LogP contribution in [0.25, 0.3) is 0 Å². The molecule has 18 heavy (non-hydrogen) atoms. The minimum Gasteiger partial charge on any atom is -0.339 e. The summed E-state index contributed by atoms with van der Waals surface area (Å²) in [6.45, 7) is 7.58. The molecule has 1 saturated heterocycles. The number of hydrogen-bond donors (Lipinski definition) is 1. The zero-order chi connectivity index (χ0) is 13.0.